The van der Waals surface area contributed by atoms with Gasteiger partial charge in [0.25, 0.3) is 5.91 Å². The third-order valence-electron chi connectivity index (χ3n) is 4.64. The van der Waals surface area contributed by atoms with Gasteiger partial charge >= 0.3 is 12.0 Å². The van der Waals surface area contributed by atoms with Crippen LogP contribution in [0.15, 0.2) is 54.6 Å². The van der Waals surface area contributed by atoms with Crippen LogP contribution < -0.4 is 15.4 Å². The number of piperidine rings is 1. The molecule has 0 radical (unpaired) electrons. The van der Waals surface area contributed by atoms with Crippen LogP contribution in [-0.4, -0.2) is 47.6 Å². The molecule has 0 saturated carbocycles. The van der Waals surface area contributed by atoms with Crippen molar-refractivity contribution in [2.75, 3.05) is 30.3 Å². The summed E-state index contributed by atoms with van der Waals surface area (Å²) in [6.07, 6.45) is 0.894. The van der Waals surface area contributed by atoms with Crippen molar-refractivity contribution >= 4 is 29.3 Å². The number of aliphatic carboxylic acids is 1. The number of ether oxygens (including phenoxy) is 1. The summed E-state index contributed by atoms with van der Waals surface area (Å²) in [7, 11) is 0. The molecule has 3 N–H and O–H groups in total. The highest BCUT2D eigenvalue weighted by atomic mass is 16.5. The van der Waals surface area contributed by atoms with Gasteiger partial charge in [-0.2, -0.15) is 0 Å². The summed E-state index contributed by atoms with van der Waals surface area (Å²) in [6.45, 7) is 0.645. The molecule has 1 saturated heterocycles. The number of carbonyl (C=O) groups excluding carboxylic acids is 2. The Morgan fingerprint density at radius 3 is 2.34 bits per heavy atom. The second kappa shape index (κ2) is 9.59. The lowest BCUT2D eigenvalue weighted by molar-refractivity contribution is -0.143. The fraction of sp³-hybridized carbons (Fsp3) is 0.286. The number of carbonyl (C=O) groups is 3. The van der Waals surface area contributed by atoms with E-state index in [2.05, 4.69) is 10.6 Å². The SMILES string of the molecule is O=C(COc1cccc(NC(=O)N2CCC(C(=O)O)CC2)c1)Nc1ccccc1. The van der Waals surface area contributed by atoms with Crippen molar-refractivity contribution in [3.8, 4) is 5.75 Å². The van der Waals surface area contributed by atoms with E-state index in [4.69, 9.17) is 9.84 Å². The van der Waals surface area contributed by atoms with Gasteiger partial charge in [0.15, 0.2) is 6.61 Å². The molecule has 29 heavy (non-hydrogen) atoms. The molecule has 0 bridgehead atoms. The number of hydrogen-bond acceptors (Lipinski definition) is 4. The molecular formula is C21H23N3O5. The van der Waals surface area contributed by atoms with Gasteiger partial charge in [-0.25, -0.2) is 4.79 Å². The number of carboxylic acid groups (broad SMARTS) is 1. The summed E-state index contributed by atoms with van der Waals surface area (Å²) in [5.74, 6) is -1.04. The minimum Gasteiger partial charge on any atom is -0.484 e. The summed E-state index contributed by atoms with van der Waals surface area (Å²) in [5, 5.41) is 14.6. The van der Waals surface area contributed by atoms with E-state index in [1.807, 2.05) is 18.2 Å². The molecule has 1 aliphatic rings. The van der Waals surface area contributed by atoms with Crippen LogP contribution in [0.4, 0.5) is 16.2 Å². The van der Waals surface area contributed by atoms with E-state index >= 15 is 0 Å². The summed E-state index contributed by atoms with van der Waals surface area (Å²) in [5.41, 5.74) is 1.23. The number of para-hydroxylation sites is 1. The number of urea groups is 1. The van der Waals surface area contributed by atoms with Crippen LogP contribution in [0, 0.1) is 5.92 Å². The molecule has 2 aromatic rings. The van der Waals surface area contributed by atoms with Crippen molar-refractivity contribution in [2.45, 2.75) is 12.8 Å². The predicted molar refractivity (Wildman–Crippen MR) is 108 cm³/mol. The molecule has 1 aliphatic heterocycles. The fourth-order valence-electron chi connectivity index (χ4n) is 3.06. The molecule has 1 heterocycles. The van der Waals surface area contributed by atoms with Crippen LogP contribution >= 0.6 is 0 Å². The molecule has 0 aromatic heterocycles. The average Bonchev–Trinajstić information content (AvgIpc) is 2.73. The van der Waals surface area contributed by atoms with Crippen LogP contribution in [0.5, 0.6) is 5.75 Å². The zero-order chi connectivity index (χ0) is 20.6. The zero-order valence-corrected chi connectivity index (χ0v) is 15.8. The lowest BCUT2D eigenvalue weighted by atomic mass is 9.97. The number of nitrogens with zero attached hydrogens (tertiary/aromatic N) is 1. The first-order valence-electron chi connectivity index (χ1n) is 9.38. The Bertz CT molecular complexity index is 864. The molecule has 2 aromatic carbocycles. The summed E-state index contributed by atoms with van der Waals surface area (Å²) in [6, 6.07) is 15.6. The third-order valence-corrected chi connectivity index (χ3v) is 4.64. The predicted octanol–water partition coefficient (Wildman–Crippen LogP) is 3.03. The smallest absolute Gasteiger partial charge is 0.321 e. The van der Waals surface area contributed by atoms with Crippen LogP contribution in [0.2, 0.25) is 0 Å². The molecular weight excluding hydrogens is 374 g/mol. The Kier molecular flexibility index (Phi) is 6.67. The van der Waals surface area contributed by atoms with Gasteiger partial charge in [-0.1, -0.05) is 24.3 Å². The highest BCUT2D eigenvalue weighted by Gasteiger charge is 2.26. The van der Waals surface area contributed by atoms with Gasteiger partial charge in [-0.15, -0.1) is 0 Å². The number of hydrogen-bond donors (Lipinski definition) is 3. The van der Waals surface area contributed by atoms with Crippen LogP contribution in [0.25, 0.3) is 0 Å². The van der Waals surface area contributed by atoms with E-state index in [0.717, 1.165) is 0 Å². The second-order valence-electron chi connectivity index (χ2n) is 6.76. The van der Waals surface area contributed by atoms with Gasteiger partial charge in [-0.05, 0) is 37.1 Å². The van der Waals surface area contributed by atoms with E-state index < -0.39 is 11.9 Å². The van der Waals surface area contributed by atoms with Gasteiger partial charge in [0.05, 0.1) is 5.92 Å². The molecule has 0 aliphatic carbocycles. The van der Waals surface area contributed by atoms with Crippen LogP contribution in [0.3, 0.4) is 0 Å². The molecule has 0 spiro atoms. The molecule has 152 valence electrons. The number of benzene rings is 2. The Morgan fingerprint density at radius 2 is 1.66 bits per heavy atom. The van der Waals surface area contributed by atoms with Gasteiger partial charge in [-0.3, -0.25) is 9.59 Å². The first-order chi connectivity index (χ1) is 14.0. The van der Waals surface area contributed by atoms with E-state index in [0.29, 0.717) is 43.1 Å². The maximum Gasteiger partial charge on any atom is 0.321 e. The Balaban J connectivity index is 1.48. The highest BCUT2D eigenvalue weighted by Crippen LogP contribution is 2.21. The molecule has 8 heteroatoms. The summed E-state index contributed by atoms with van der Waals surface area (Å²) in [4.78, 5) is 37.0. The molecule has 3 rings (SSSR count). The normalized spacial score (nSPS) is 14.1. The number of amides is 3. The molecule has 0 atom stereocenters. The quantitative estimate of drug-likeness (QED) is 0.694. The second-order valence-corrected chi connectivity index (χ2v) is 6.76. The van der Waals surface area contributed by atoms with E-state index in [9.17, 15) is 14.4 Å². The summed E-state index contributed by atoms with van der Waals surface area (Å²) >= 11 is 0. The van der Waals surface area contributed by atoms with Crippen molar-refractivity contribution < 1.29 is 24.2 Å². The van der Waals surface area contributed by atoms with Crippen molar-refractivity contribution in [1.29, 1.82) is 0 Å². The van der Waals surface area contributed by atoms with Gasteiger partial charge in [0.1, 0.15) is 5.75 Å². The van der Waals surface area contributed by atoms with Crippen molar-refractivity contribution in [3.63, 3.8) is 0 Å². The number of anilines is 2. The molecule has 3 amide bonds. The largest absolute Gasteiger partial charge is 0.484 e. The molecule has 1 fully saturated rings. The maximum atomic E-state index is 12.4. The minimum atomic E-state index is -0.814. The van der Waals surface area contributed by atoms with Crippen LogP contribution in [-0.2, 0) is 9.59 Å². The first kappa shape index (κ1) is 20.2. The number of nitrogens with one attached hydrogen (secondary N) is 2. The van der Waals surface area contributed by atoms with Crippen LogP contribution in [0.1, 0.15) is 12.8 Å². The topological polar surface area (TPSA) is 108 Å². The van der Waals surface area contributed by atoms with Crippen molar-refractivity contribution in [1.82, 2.24) is 4.90 Å². The van der Waals surface area contributed by atoms with E-state index in [1.54, 1.807) is 41.3 Å². The van der Waals surface area contributed by atoms with E-state index in [1.165, 1.54) is 0 Å². The zero-order valence-electron chi connectivity index (χ0n) is 15.8. The van der Waals surface area contributed by atoms with Gasteiger partial charge in [0.2, 0.25) is 0 Å². The number of rotatable bonds is 6. The minimum absolute atomic E-state index is 0.158. The van der Waals surface area contributed by atoms with Gasteiger partial charge < -0.3 is 25.4 Å². The van der Waals surface area contributed by atoms with E-state index in [-0.39, 0.29) is 18.5 Å². The third kappa shape index (κ3) is 5.97. The fourth-order valence-corrected chi connectivity index (χ4v) is 3.06. The highest BCUT2D eigenvalue weighted by molar-refractivity contribution is 5.92. The monoisotopic (exact) mass is 397 g/mol. The van der Waals surface area contributed by atoms with Crippen molar-refractivity contribution in [3.05, 3.63) is 54.6 Å². The Hall–Kier alpha value is -3.55. The standard InChI is InChI=1S/C21H23N3O5/c25-19(22-16-5-2-1-3-6-16)14-29-18-8-4-7-17(13-18)23-21(28)24-11-9-15(10-12-24)20(26)27/h1-8,13,15H,9-12,14H2,(H,22,25)(H,23,28)(H,26,27). The Morgan fingerprint density at radius 1 is 0.966 bits per heavy atom. The number of likely N-dealkylation sites (tertiary alicyclic amines) is 1. The summed E-state index contributed by atoms with van der Waals surface area (Å²) < 4.78 is 5.51. The number of carboxylic acids is 1. The lowest BCUT2D eigenvalue weighted by Crippen LogP contribution is -2.42. The Labute approximate surface area is 168 Å². The molecule has 0 unspecified atom stereocenters. The average molecular weight is 397 g/mol. The first-order valence-corrected chi connectivity index (χ1v) is 9.38. The lowest BCUT2D eigenvalue weighted by Gasteiger charge is -2.30. The van der Waals surface area contributed by atoms with Gasteiger partial charge in [0, 0.05) is 30.5 Å². The maximum absolute atomic E-state index is 12.4. The molecule has 8 nitrogen and oxygen atoms in total. The van der Waals surface area contributed by atoms with Crippen molar-refractivity contribution in [2.24, 2.45) is 5.92 Å².